The highest BCUT2D eigenvalue weighted by Gasteiger charge is 2.43. The molecule has 1 aliphatic rings. The number of esters is 2. The van der Waals surface area contributed by atoms with Crippen molar-refractivity contribution in [2.75, 3.05) is 13.2 Å². The number of allylic oxidation sites excluding steroid dienone is 1. The zero-order valence-corrected chi connectivity index (χ0v) is 15.9. The van der Waals surface area contributed by atoms with E-state index in [1.54, 1.807) is 33.8 Å². The normalized spacial score (nSPS) is 19.8. The van der Waals surface area contributed by atoms with Crippen LogP contribution in [0.5, 0.6) is 0 Å². The third-order valence-electron chi connectivity index (χ3n) is 4.01. The Labute approximate surface area is 155 Å². The highest BCUT2D eigenvalue weighted by Crippen LogP contribution is 2.42. The van der Waals surface area contributed by atoms with Gasteiger partial charge in [-0.1, -0.05) is 0 Å². The van der Waals surface area contributed by atoms with Crippen LogP contribution in [0.15, 0.2) is 28.4 Å². The Hall–Kier alpha value is -2.48. The third kappa shape index (κ3) is 3.85. The molecule has 2 atom stereocenters. The number of hydrogen-bond acceptors (Lipinski definition) is 7. The van der Waals surface area contributed by atoms with E-state index < -0.39 is 29.7 Å². The van der Waals surface area contributed by atoms with E-state index in [4.69, 9.17) is 9.47 Å². The SMILES string of the molecule is CCOC(=O)C1=C(C)N=C(C)C(C(=O)OCC)C1c1ccc(C(=O)O)s1. The average Bonchev–Trinajstić information content (AvgIpc) is 3.04. The maximum atomic E-state index is 12.6. The molecule has 0 saturated carbocycles. The summed E-state index contributed by atoms with van der Waals surface area (Å²) in [7, 11) is 0. The Morgan fingerprint density at radius 1 is 1.15 bits per heavy atom. The van der Waals surface area contributed by atoms with Crippen molar-refractivity contribution >= 4 is 35.0 Å². The Morgan fingerprint density at radius 2 is 1.81 bits per heavy atom. The molecule has 1 aliphatic heterocycles. The Balaban J connectivity index is 2.61. The van der Waals surface area contributed by atoms with Crippen LogP contribution in [-0.2, 0) is 19.1 Å². The summed E-state index contributed by atoms with van der Waals surface area (Å²) in [5.74, 6) is -3.63. The van der Waals surface area contributed by atoms with Crippen LogP contribution in [-0.4, -0.2) is 41.9 Å². The van der Waals surface area contributed by atoms with Gasteiger partial charge in [-0.3, -0.25) is 9.79 Å². The van der Waals surface area contributed by atoms with Gasteiger partial charge in [0.15, 0.2) is 0 Å². The van der Waals surface area contributed by atoms with E-state index in [2.05, 4.69) is 4.99 Å². The number of rotatable bonds is 6. The van der Waals surface area contributed by atoms with Gasteiger partial charge in [-0.05, 0) is 39.8 Å². The molecule has 2 unspecified atom stereocenters. The predicted molar refractivity (Wildman–Crippen MR) is 96.6 cm³/mol. The lowest BCUT2D eigenvalue weighted by atomic mass is 9.79. The molecule has 2 rings (SSSR count). The fraction of sp³-hybridized carbons (Fsp3) is 0.444. The summed E-state index contributed by atoms with van der Waals surface area (Å²) < 4.78 is 10.3. The molecule has 7 nitrogen and oxygen atoms in total. The van der Waals surface area contributed by atoms with E-state index in [1.165, 1.54) is 6.07 Å². The topological polar surface area (TPSA) is 102 Å². The first kappa shape index (κ1) is 19.8. The molecule has 0 aromatic carbocycles. The lowest BCUT2D eigenvalue weighted by molar-refractivity contribution is -0.146. The molecule has 0 radical (unpaired) electrons. The van der Waals surface area contributed by atoms with Crippen molar-refractivity contribution in [3.05, 3.63) is 33.2 Å². The van der Waals surface area contributed by atoms with Crippen molar-refractivity contribution in [1.29, 1.82) is 0 Å². The first-order valence-electron chi connectivity index (χ1n) is 8.24. The number of carboxylic acid groups (broad SMARTS) is 1. The molecule has 0 amide bonds. The number of hydrogen-bond donors (Lipinski definition) is 1. The number of carboxylic acids is 1. The molecule has 0 fully saturated rings. The van der Waals surface area contributed by atoms with Gasteiger partial charge in [0.1, 0.15) is 10.8 Å². The number of thiophene rings is 1. The number of aromatic carboxylic acids is 1. The second-order valence-electron chi connectivity index (χ2n) is 5.69. The summed E-state index contributed by atoms with van der Waals surface area (Å²) >= 11 is 1.03. The number of nitrogens with zero attached hydrogens (tertiary/aromatic N) is 1. The quantitative estimate of drug-likeness (QED) is 0.762. The second kappa shape index (κ2) is 8.27. The zero-order valence-electron chi connectivity index (χ0n) is 15.1. The fourth-order valence-corrected chi connectivity index (χ4v) is 3.99. The van der Waals surface area contributed by atoms with Crippen molar-refractivity contribution in [3.8, 4) is 0 Å². The molecular weight excluding hydrogens is 358 g/mol. The number of carbonyl (C=O) groups is 3. The summed E-state index contributed by atoms with van der Waals surface area (Å²) in [6.45, 7) is 7.14. The molecule has 26 heavy (non-hydrogen) atoms. The molecule has 1 aromatic heterocycles. The molecule has 0 saturated heterocycles. The van der Waals surface area contributed by atoms with Crippen LogP contribution in [0.25, 0.3) is 0 Å². The standard InChI is InChI=1S/C18H21NO6S/c1-5-24-17(22)13-9(3)19-10(4)14(18(23)25-6-2)15(13)11-7-8-12(26-11)16(20)21/h7-8,13,15H,5-6H2,1-4H3,(H,20,21). The molecule has 0 spiro atoms. The van der Waals surface area contributed by atoms with E-state index in [-0.39, 0.29) is 23.7 Å². The summed E-state index contributed by atoms with van der Waals surface area (Å²) in [5.41, 5.74) is 1.23. The van der Waals surface area contributed by atoms with Gasteiger partial charge in [0, 0.05) is 22.2 Å². The van der Waals surface area contributed by atoms with Gasteiger partial charge in [0.2, 0.25) is 0 Å². The minimum Gasteiger partial charge on any atom is -0.477 e. The first-order valence-corrected chi connectivity index (χ1v) is 9.06. The van der Waals surface area contributed by atoms with E-state index in [0.29, 0.717) is 16.3 Å². The molecule has 8 heteroatoms. The van der Waals surface area contributed by atoms with Crippen molar-refractivity contribution in [2.45, 2.75) is 33.6 Å². The summed E-state index contributed by atoms with van der Waals surface area (Å²) in [5, 5.41) is 9.21. The molecule has 0 aliphatic carbocycles. The van der Waals surface area contributed by atoms with Crippen molar-refractivity contribution in [2.24, 2.45) is 10.9 Å². The number of aliphatic imine (C=N–C) groups is 1. The van der Waals surface area contributed by atoms with Gasteiger partial charge in [0.05, 0.1) is 18.8 Å². The lowest BCUT2D eigenvalue weighted by Crippen LogP contribution is -2.36. The van der Waals surface area contributed by atoms with Crippen LogP contribution in [0.1, 0.15) is 48.2 Å². The van der Waals surface area contributed by atoms with Crippen molar-refractivity contribution in [3.63, 3.8) is 0 Å². The van der Waals surface area contributed by atoms with E-state index in [0.717, 1.165) is 11.3 Å². The first-order chi connectivity index (χ1) is 12.3. The largest absolute Gasteiger partial charge is 0.477 e. The molecule has 1 N–H and O–H groups in total. The monoisotopic (exact) mass is 379 g/mol. The second-order valence-corrected chi connectivity index (χ2v) is 6.80. The van der Waals surface area contributed by atoms with Gasteiger partial charge in [-0.25, -0.2) is 9.59 Å². The highest BCUT2D eigenvalue weighted by molar-refractivity contribution is 7.14. The average molecular weight is 379 g/mol. The Bertz CT molecular complexity index is 791. The Kier molecular flexibility index (Phi) is 6.31. The maximum absolute atomic E-state index is 12.6. The zero-order chi connectivity index (χ0) is 19.4. The van der Waals surface area contributed by atoms with Crippen LogP contribution in [0, 0.1) is 5.92 Å². The van der Waals surface area contributed by atoms with Crippen LogP contribution >= 0.6 is 11.3 Å². The molecule has 2 heterocycles. The maximum Gasteiger partial charge on any atom is 0.345 e. The summed E-state index contributed by atoms with van der Waals surface area (Å²) in [6, 6.07) is 3.08. The molecular formula is C18H21NO6S. The van der Waals surface area contributed by atoms with Gasteiger partial charge in [-0.2, -0.15) is 0 Å². The van der Waals surface area contributed by atoms with Gasteiger partial charge in [-0.15, -0.1) is 11.3 Å². The third-order valence-corrected chi connectivity index (χ3v) is 5.16. The number of carbonyl (C=O) groups excluding carboxylic acids is 2. The highest BCUT2D eigenvalue weighted by atomic mass is 32.1. The van der Waals surface area contributed by atoms with E-state index in [9.17, 15) is 19.5 Å². The van der Waals surface area contributed by atoms with Crippen LogP contribution in [0.2, 0.25) is 0 Å². The van der Waals surface area contributed by atoms with Gasteiger partial charge < -0.3 is 14.6 Å². The predicted octanol–water partition coefficient (Wildman–Crippen LogP) is 3.02. The van der Waals surface area contributed by atoms with Gasteiger partial charge >= 0.3 is 17.9 Å². The fourth-order valence-electron chi connectivity index (χ4n) is 2.99. The minimum atomic E-state index is -1.06. The lowest BCUT2D eigenvalue weighted by Gasteiger charge is -2.30. The van der Waals surface area contributed by atoms with Crippen LogP contribution in [0.3, 0.4) is 0 Å². The minimum absolute atomic E-state index is 0.128. The molecule has 0 bridgehead atoms. The van der Waals surface area contributed by atoms with Gasteiger partial charge in [0.25, 0.3) is 0 Å². The van der Waals surface area contributed by atoms with E-state index in [1.807, 2.05) is 0 Å². The van der Waals surface area contributed by atoms with Crippen molar-refractivity contribution < 1.29 is 29.0 Å². The molecule has 140 valence electrons. The summed E-state index contributed by atoms with van der Waals surface area (Å²) in [4.78, 5) is 41.4. The van der Waals surface area contributed by atoms with Crippen LogP contribution in [0.4, 0.5) is 0 Å². The van der Waals surface area contributed by atoms with E-state index >= 15 is 0 Å². The van der Waals surface area contributed by atoms with Crippen LogP contribution < -0.4 is 0 Å². The number of ether oxygens (including phenoxy) is 2. The molecule has 1 aromatic rings. The van der Waals surface area contributed by atoms with Crippen molar-refractivity contribution in [1.82, 2.24) is 0 Å². The smallest absolute Gasteiger partial charge is 0.345 e. The summed E-state index contributed by atoms with van der Waals surface area (Å²) in [6.07, 6.45) is 0. The Morgan fingerprint density at radius 3 is 2.35 bits per heavy atom.